The van der Waals surface area contributed by atoms with Crippen molar-refractivity contribution in [1.29, 1.82) is 0 Å². The molecular weight excluding hydrogens is 440 g/mol. The molecule has 2 aromatic rings. The summed E-state index contributed by atoms with van der Waals surface area (Å²) in [6.45, 7) is 3.47. The number of rotatable bonds is 6. The smallest absolute Gasteiger partial charge is 0.349 e. The molecule has 2 heterocycles. The standard InChI is InChI=1S/C24H24F4N2O3/c1-15(18-3-2-4-19(12-18)24(26,27)28)33-23-22(17-5-7-20(25)8-6-17)30(9-10-32-23)14-16-11-21(31)29-13-16/h2-8,11-12,15,22-23H,9-10,13-14H2,1H3,(H,29,31)/t15-,22+,23-/m1/s1. The molecule has 33 heavy (non-hydrogen) atoms. The van der Waals surface area contributed by atoms with E-state index in [1.807, 2.05) is 0 Å². The second kappa shape index (κ2) is 9.62. The molecule has 2 aliphatic heterocycles. The zero-order chi connectivity index (χ0) is 23.6. The Morgan fingerprint density at radius 1 is 1.21 bits per heavy atom. The molecule has 1 fully saturated rings. The predicted molar refractivity (Wildman–Crippen MR) is 112 cm³/mol. The lowest BCUT2D eigenvalue weighted by atomic mass is 10.0. The van der Waals surface area contributed by atoms with Gasteiger partial charge in [-0.25, -0.2) is 4.39 Å². The zero-order valence-corrected chi connectivity index (χ0v) is 17.9. The lowest BCUT2D eigenvalue weighted by Crippen LogP contribution is -2.47. The summed E-state index contributed by atoms with van der Waals surface area (Å²) < 4.78 is 65.0. The maximum absolute atomic E-state index is 13.6. The number of carbonyl (C=O) groups is 1. The first-order valence-electron chi connectivity index (χ1n) is 10.6. The average Bonchev–Trinajstić information content (AvgIpc) is 3.19. The summed E-state index contributed by atoms with van der Waals surface area (Å²) >= 11 is 0. The number of nitrogens with one attached hydrogen (secondary N) is 1. The molecule has 0 radical (unpaired) electrons. The van der Waals surface area contributed by atoms with Crippen molar-refractivity contribution in [3.63, 3.8) is 0 Å². The van der Waals surface area contributed by atoms with Crippen LogP contribution in [0.4, 0.5) is 17.6 Å². The summed E-state index contributed by atoms with van der Waals surface area (Å²) in [6.07, 6.45) is -4.39. The molecule has 176 valence electrons. The molecule has 2 aromatic carbocycles. The highest BCUT2D eigenvalue weighted by atomic mass is 19.4. The van der Waals surface area contributed by atoms with Gasteiger partial charge in [0.25, 0.3) is 0 Å². The van der Waals surface area contributed by atoms with Gasteiger partial charge >= 0.3 is 6.18 Å². The van der Waals surface area contributed by atoms with Crippen molar-refractivity contribution in [3.8, 4) is 0 Å². The SMILES string of the molecule is C[C@@H](O[C@H]1OCCN(CC2=CC(=O)NC2)[C@H]1c1ccc(F)cc1)c1cccc(C(F)(F)F)c1. The van der Waals surface area contributed by atoms with Crippen LogP contribution in [0.25, 0.3) is 0 Å². The van der Waals surface area contributed by atoms with Gasteiger partial charge in [0.15, 0.2) is 6.29 Å². The van der Waals surface area contributed by atoms with Gasteiger partial charge in [0.2, 0.25) is 5.91 Å². The van der Waals surface area contributed by atoms with E-state index >= 15 is 0 Å². The summed E-state index contributed by atoms with van der Waals surface area (Å²) in [4.78, 5) is 13.6. The third-order valence-electron chi connectivity index (χ3n) is 5.78. The van der Waals surface area contributed by atoms with E-state index in [0.717, 1.165) is 23.3 Å². The van der Waals surface area contributed by atoms with Crippen LogP contribution < -0.4 is 5.32 Å². The third kappa shape index (κ3) is 5.61. The van der Waals surface area contributed by atoms with E-state index in [2.05, 4.69) is 10.2 Å². The summed E-state index contributed by atoms with van der Waals surface area (Å²) in [5.74, 6) is -0.535. The summed E-state index contributed by atoms with van der Waals surface area (Å²) in [7, 11) is 0. The fourth-order valence-electron chi connectivity index (χ4n) is 4.11. The first-order valence-corrected chi connectivity index (χ1v) is 10.6. The highest BCUT2D eigenvalue weighted by molar-refractivity contribution is 5.91. The van der Waals surface area contributed by atoms with Crippen molar-refractivity contribution >= 4 is 5.91 Å². The number of benzene rings is 2. The molecule has 0 bridgehead atoms. The van der Waals surface area contributed by atoms with Gasteiger partial charge in [0.05, 0.1) is 24.3 Å². The number of hydrogen-bond donors (Lipinski definition) is 1. The van der Waals surface area contributed by atoms with Crippen molar-refractivity contribution in [2.45, 2.75) is 31.5 Å². The molecule has 3 atom stereocenters. The quantitative estimate of drug-likeness (QED) is 0.645. The Morgan fingerprint density at radius 2 is 1.97 bits per heavy atom. The maximum Gasteiger partial charge on any atom is 0.416 e. The van der Waals surface area contributed by atoms with Gasteiger partial charge < -0.3 is 14.8 Å². The van der Waals surface area contributed by atoms with Crippen molar-refractivity contribution < 1.29 is 31.8 Å². The van der Waals surface area contributed by atoms with Gasteiger partial charge in [0.1, 0.15) is 5.82 Å². The lowest BCUT2D eigenvalue weighted by molar-refractivity contribution is -0.228. The summed E-state index contributed by atoms with van der Waals surface area (Å²) in [5, 5.41) is 2.74. The summed E-state index contributed by atoms with van der Waals surface area (Å²) in [5.41, 5.74) is 1.27. The number of amides is 1. The Balaban J connectivity index is 1.59. The fraction of sp³-hybridized carbons (Fsp3) is 0.375. The maximum atomic E-state index is 13.6. The van der Waals surface area contributed by atoms with E-state index in [9.17, 15) is 22.4 Å². The van der Waals surface area contributed by atoms with Crippen molar-refractivity contribution in [3.05, 3.63) is 82.7 Å². The minimum absolute atomic E-state index is 0.150. The van der Waals surface area contributed by atoms with Gasteiger partial charge in [-0.1, -0.05) is 24.3 Å². The van der Waals surface area contributed by atoms with Crippen LogP contribution in [0.2, 0.25) is 0 Å². The van der Waals surface area contributed by atoms with Crippen LogP contribution in [0.3, 0.4) is 0 Å². The zero-order valence-electron chi connectivity index (χ0n) is 17.9. The second-order valence-corrected chi connectivity index (χ2v) is 8.13. The van der Waals surface area contributed by atoms with E-state index in [4.69, 9.17) is 9.47 Å². The number of halogens is 4. The highest BCUT2D eigenvalue weighted by Gasteiger charge is 2.37. The highest BCUT2D eigenvalue weighted by Crippen LogP contribution is 2.36. The molecule has 0 aromatic heterocycles. The molecule has 5 nitrogen and oxygen atoms in total. The molecule has 1 amide bonds. The molecule has 4 rings (SSSR count). The molecule has 1 saturated heterocycles. The molecule has 9 heteroatoms. The minimum Gasteiger partial charge on any atom is -0.349 e. The molecule has 2 aliphatic rings. The van der Waals surface area contributed by atoms with Gasteiger partial charge in [-0.05, 0) is 47.9 Å². The van der Waals surface area contributed by atoms with E-state index in [0.29, 0.717) is 31.8 Å². The van der Waals surface area contributed by atoms with Crippen LogP contribution in [0, 0.1) is 5.82 Å². The van der Waals surface area contributed by atoms with Crippen LogP contribution >= 0.6 is 0 Å². The Hall–Kier alpha value is -2.75. The lowest BCUT2D eigenvalue weighted by Gasteiger charge is -2.42. The number of hydrogen-bond acceptors (Lipinski definition) is 4. The first-order chi connectivity index (χ1) is 15.7. The van der Waals surface area contributed by atoms with E-state index in [-0.39, 0.29) is 11.7 Å². The normalized spacial score (nSPS) is 22.7. The molecule has 0 unspecified atom stereocenters. The average molecular weight is 464 g/mol. The van der Waals surface area contributed by atoms with Gasteiger partial charge in [0, 0.05) is 25.7 Å². The van der Waals surface area contributed by atoms with Gasteiger partial charge in [-0.15, -0.1) is 0 Å². The van der Waals surface area contributed by atoms with Crippen molar-refractivity contribution in [1.82, 2.24) is 10.2 Å². The second-order valence-electron chi connectivity index (χ2n) is 8.13. The van der Waals surface area contributed by atoms with Crippen molar-refractivity contribution in [2.75, 3.05) is 26.2 Å². The summed E-state index contributed by atoms with van der Waals surface area (Å²) in [6, 6.07) is 10.5. The van der Waals surface area contributed by atoms with Crippen LogP contribution in [0.15, 0.2) is 60.2 Å². The van der Waals surface area contributed by atoms with Gasteiger partial charge in [-0.3, -0.25) is 9.69 Å². The first kappa shape index (κ1) is 23.4. The van der Waals surface area contributed by atoms with Crippen LogP contribution in [0.1, 0.15) is 35.8 Å². The molecule has 1 N–H and O–H groups in total. The predicted octanol–water partition coefficient (Wildman–Crippen LogP) is 4.38. The number of alkyl halides is 3. The number of carbonyl (C=O) groups excluding carboxylic acids is 1. The number of morpholine rings is 1. The van der Waals surface area contributed by atoms with E-state index < -0.39 is 30.2 Å². The Morgan fingerprint density at radius 3 is 2.64 bits per heavy atom. The number of nitrogens with zero attached hydrogens (tertiary/aromatic N) is 1. The number of ether oxygens (including phenoxy) is 2. The Kier molecular flexibility index (Phi) is 6.83. The van der Waals surface area contributed by atoms with Crippen LogP contribution in [-0.4, -0.2) is 43.3 Å². The largest absolute Gasteiger partial charge is 0.416 e. The van der Waals surface area contributed by atoms with Crippen LogP contribution in [-0.2, 0) is 20.4 Å². The topological polar surface area (TPSA) is 50.8 Å². The fourth-order valence-corrected chi connectivity index (χ4v) is 4.11. The third-order valence-corrected chi connectivity index (χ3v) is 5.78. The molecule has 0 spiro atoms. The molecular formula is C24H24F4N2O3. The molecule has 0 aliphatic carbocycles. The minimum atomic E-state index is -4.45. The van der Waals surface area contributed by atoms with E-state index in [1.54, 1.807) is 31.2 Å². The Labute approximate surface area is 189 Å². The monoisotopic (exact) mass is 464 g/mol. The van der Waals surface area contributed by atoms with Crippen molar-refractivity contribution in [2.24, 2.45) is 0 Å². The Bertz CT molecular complexity index is 1020. The molecule has 0 saturated carbocycles. The van der Waals surface area contributed by atoms with E-state index in [1.165, 1.54) is 18.2 Å². The van der Waals surface area contributed by atoms with Gasteiger partial charge in [-0.2, -0.15) is 13.2 Å². The van der Waals surface area contributed by atoms with Crippen LogP contribution in [0.5, 0.6) is 0 Å².